The van der Waals surface area contributed by atoms with Gasteiger partial charge in [0.1, 0.15) is 0 Å². The fraction of sp³-hybridized carbons (Fsp3) is 0.235. The van der Waals surface area contributed by atoms with Crippen LogP contribution in [-0.4, -0.2) is 19.6 Å². The molecule has 0 saturated heterocycles. The molecular formula is C17H20N2O2. The Balaban J connectivity index is 2.28. The third-order valence-electron chi connectivity index (χ3n) is 3.32. The zero-order valence-electron chi connectivity index (χ0n) is 12.6. The van der Waals surface area contributed by atoms with Crippen LogP contribution in [0.1, 0.15) is 22.8 Å². The van der Waals surface area contributed by atoms with E-state index < -0.39 is 0 Å². The molecule has 0 saturated carbocycles. The highest BCUT2D eigenvalue weighted by Crippen LogP contribution is 2.29. The smallest absolute Gasteiger partial charge is 0.338 e. The monoisotopic (exact) mass is 284 g/mol. The maximum Gasteiger partial charge on any atom is 0.338 e. The topological polar surface area (TPSA) is 55.6 Å². The molecule has 0 aliphatic rings. The molecule has 0 atom stereocenters. The normalized spacial score (nSPS) is 10.2. The van der Waals surface area contributed by atoms with Gasteiger partial charge in [-0.25, -0.2) is 4.79 Å². The Labute approximate surface area is 125 Å². The number of aryl methyl sites for hydroxylation is 1. The minimum atomic E-state index is -0.353. The minimum absolute atomic E-state index is 0.351. The average Bonchev–Trinajstić information content (AvgIpc) is 2.47. The predicted molar refractivity (Wildman–Crippen MR) is 86.1 cm³/mol. The molecule has 4 nitrogen and oxygen atoms in total. The van der Waals surface area contributed by atoms with Gasteiger partial charge in [-0.3, -0.25) is 0 Å². The fourth-order valence-electron chi connectivity index (χ4n) is 2.11. The van der Waals surface area contributed by atoms with Gasteiger partial charge >= 0.3 is 5.97 Å². The van der Waals surface area contributed by atoms with Crippen molar-refractivity contribution in [3.63, 3.8) is 0 Å². The molecule has 0 unspecified atom stereocenters. The van der Waals surface area contributed by atoms with Crippen LogP contribution in [0.2, 0.25) is 0 Å². The molecule has 0 amide bonds. The lowest BCUT2D eigenvalue weighted by Gasteiger charge is -2.21. The molecule has 21 heavy (non-hydrogen) atoms. The van der Waals surface area contributed by atoms with Crippen LogP contribution >= 0.6 is 0 Å². The van der Waals surface area contributed by atoms with E-state index in [2.05, 4.69) is 12.1 Å². The lowest BCUT2D eigenvalue weighted by Crippen LogP contribution is -2.13. The van der Waals surface area contributed by atoms with Crippen molar-refractivity contribution in [2.45, 2.75) is 13.8 Å². The van der Waals surface area contributed by atoms with E-state index in [1.165, 1.54) is 5.56 Å². The van der Waals surface area contributed by atoms with Crippen LogP contribution in [0.15, 0.2) is 42.5 Å². The van der Waals surface area contributed by atoms with E-state index >= 15 is 0 Å². The highest BCUT2D eigenvalue weighted by atomic mass is 16.5. The summed E-state index contributed by atoms with van der Waals surface area (Å²) in [6, 6.07) is 13.4. The highest BCUT2D eigenvalue weighted by molar-refractivity contribution is 5.92. The average molecular weight is 284 g/mol. The second-order valence-corrected chi connectivity index (χ2v) is 4.89. The molecule has 110 valence electrons. The molecule has 0 fully saturated rings. The third-order valence-corrected chi connectivity index (χ3v) is 3.32. The maximum absolute atomic E-state index is 11.7. The number of carbonyl (C=O) groups excluding carboxylic acids is 1. The van der Waals surface area contributed by atoms with Crippen molar-refractivity contribution in [1.29, 1.82) is 0 Å². The highest BCUT2D eigenvalue weighted by Gasteiger charge is 2.12. The second-order valence-electron chi connectivity index (χ2n) is 4.89. The molecule has 0 radical (unpaired) electrons. The van der Waals surface area contributed by atoms with Gasteiger partial charge in [0.15, 0.2) is 0 Å². The Morgan fingerprint density at radius 1 is 1.19 bits per heavy atom. The number of hydrogen-bond acceptors (Lipinski definition) is 4. The van der Waals surface area contributed by atoms with Crippen molar-refractivity contribution in [2.24, 2.45) is 0 Å². The summed E-state index contributed by atoms with van der Waals surface area (Å²) in [5.74, 6) is -0.353. The van der Waals surface area contributed by atoms with Crippen molar-refractivity contribution in [3.05, 3.63) is 53.6 Å². The summed E-state index contributed by atoms with van der Waals surface area (Å²) in [7, 11) is 1.94. The zero-order chi connectivity index (χ0) is 15.4. The molecule has 0 aliphatic heterocycles. The summed E-state index contributed by atoms with van der Waals surface area (Å²) >= 11 is 0. The van der Waals surface area contributed by atoms with E-state index in [0.29, 0.717) is 17.9 Å². The number of nitrogens with two attached hydrogens (primary N) is 1. The number of nitrogen functional groups attached to an aromatic ring is 1. The van der Waals surface area contributed by atoms with E-state index in [4.69, 9.17) is 10.5 Å². The van der Waals surface area contributed by atoms with Gasteiger partial charge in [0.05, 0.1) is 23.5 Å². The minimum Gasteiger partial charge on any atom is -0.462 e. The fourth-order valence-corrected chi connectivity index (χ4v) is 2.11. The molecule has 2 rings (SSSR count). The largest absolute Gasteiger partial charge is 0.462 e. The maximum atomic E-state index is 11.7. The van der Waals surface area contributed by atoms with E-state index in [1.54, 1.807) is 19.1 Å². The first kappa shape index (κ1) is 14.9. The molecule has 4 heteroatoms. The molecule has 0 aromatic heterocycles. The molecule has 0 heterocycles. The van der Waals surface area contributed by atoms with Crippen LogP contribution < -0.4 is 10.6 Å². The van der Waals surface area contributed by atoms with Gasteiger partial charge in [-0.15, -0.1) is 0 Å². The van der Waals surface area contributed by atoms with Crippen LogP contribution in [-0.2, 0) is 4.74 Å². The Bertz CT molecular complexity index is 636. The van der Waals surface area contributed by atoms with Crippen LogP contribution in [0.25, 0.3) is 0 Å². The summed E-state index contributed by atoms with van der Waals surface area (Å²) in [5.41, 5.74) is 10.2. The van der Waals surface area contributed by atoms with Crippen LogP contribution in [0.3, 0.4) is 0 Å². The first-order valence-corrected chi connectivity index (χ1v) is 6.90. The summed E-state index contributed by atoms with van der Waals surface area (Å²) in [6.45, 7) is 4.18. The standard InChI is InChI=1S/C17H20N2O2/c1-4-21-17(20)13-7-10-16(15(18)11-13)19(3)14-8-5-12(2)6-9-14/h5-11H,4,18H2,1-3H3. The zero-order valence-corrected chi connectivity index (χ0v) is 12.6. The van der Waals surface area contributed by atoms with E-state index in [9.17, 15) is 4.79 Å². The van der Waals surface area contributed by atoms with Crippen molar-refractivity contribution < 1.29 is 9.53 Å². The lowest BCUT2D eigenvalue weighted by molar-refractivity contribution is 0.0526. The Hall–Kier alpha value is -2.49. The third kappa shape index (κ3) is 3.34. The van der Waals surface area contributed by atoms with Crippen LogP contribution in [0.4, 0.5) is 17.1 Å². The van der Waals surface area contributed by atoms with Gasteiger partial charge in [0.2, 0.25) is 0 Å². The van der Waals surface area contributed by atoms with E-state index in [0.717, 1.165) is 11.4 Å². The van der Waals surface area contributed by atoms with Crippen molar-refractivity contribution in [1.82, 2.24) is 0 Å². The molecule has 0 bridgehead atoms. The Kier molecular flexibility index (Phi) is 4.48. The second kappa shape index (κ2) is 6.31. The molecule has 2 aromatic carbocycles. The summed E-state index contributed by atoms with van der Waals surface area (Å²) in [4.78, 5) is 13.7. The number of carbonyl (C=O) groups is 1. The molecule has 0 aliphatic carbocycles. The summed E-state index contributed by atoms with van der Waals surface area (Å²) < 4.78 is 4.97. The molecular weight excluding hydrogens is 264 g/mol. The molecule has 2 N–H and O–H groups in total. The van der Waals surface area contributed by atoms with Crippen LogP contribution in [0, 0.1) is 6.92 Å². The quantitative estimate of drug-likeness (QED) is 0.689. The van der Waals surface area contributed by atoms with Crippen molar-refractivity contribution >= 4 is 23.0 Å². The van der Waals surface area contributed by atoms with Gasteiger partial charge in [0, 0.05) is 12.7 Å². The number of esters is 1. The number of benzene rings is 2. The predicted octanol–water partition coefficient (Wildman–Crippen LogP) is 3.52. The van der Waals surface area contributed by atoms with Gasteiger partial charge in [0.25, 0.3) is 0 Å². The first-order chi connectivity index (χ1) is 10.0. The number of ether oxygens (including phenoxy) is 1. The van der Waals surface area contributed by atoms with E-state index in [1.807, 2.05) is 37.1 Å². The number of hydrogen-bond donors (Lipinski definition) is 1. The van der Waals surface area contributed by atoms with Gasteiger partial charge < -0.3 is 15.4 Å². The molecule has 2 aromatic rings. The SMILES string of the molecule is CCOC(=O)c1ccc(N(C)c2ccc(C)cc2)c(N)c1. The van der Waals surface area contributed by atoms with Gasteiger partial charge in [-0.1, -0.05) is 17.7 Å². The number of anilines is 3. The van der Waals surface area contributed by atoms with E-state index in [-0.39, 0.29) is 5.97 Å². The summed E-state index contributed by atoms with van der Waals surface area (Å²) in [6.07, 6.45) is 0. The lowest BCUT2D eigenvalue weighted by atomic mass is 10.1. The van der Waals surface area contributed by atoms with Gasteiger partial charge in [-0.05, 0) is 44.2 Å². The van der Waals surface area contributed by atoms with Crippen molar-refractivity contribution in [2.75, 3.05) is 24.3 Å². The van der Waals surface area contributed by atoms with Crippen LogP contribution in [0.5, 0.6) is 0 Å². The van der Waals surface area contributed by atoms with Gasteiger partial charge in [-0.2, -0.15) is 0 Å². The molecule has 0 spiro atoms. The Morgan fingerprint density at radius 2 is 1.86 bits per heavy atom. The summed E-state index contributed by atoms with van der Waals surface area (Å²) in [5, 5.41) is 0. The Morgan fingerprint density at radius 3 is 2.43 bits per heavy atom. The number of rotatable bonds is 4. The number of nitrogens with zero attached hydrogens (tertiary/aromatic N) is 1. The first-order valence-electron chi connectivity index (χ1n) is 6.90. The van der Waals surface area contributed by atoms with Crippen molar-refractivity contribution in [3.8, 4) is 0 Å².